The molecule has 0 aliphatic carbocycles. The van der Waals surface area contributed by atoms with Crippen LogP contribution in [-0.2, 0) is 0 Å². The average molecular weight is 363 g/mol. The summed E-state index contributed by atoms with van der Waals surface area (Å²) in [6, 6.07) is 15.2. The van der Waals surface area contributed by atoms with E-state index in [1.54, 1.807) is 18.2 Å². The second-order valence-corrected chi connectivity index (χ2v) is 5.92. The number of hydrogen-bond donors (Lipinski definition) is 1. The normalized spacial score (nSPS) is 10.9. The Hall–Kier alpha value is -3.94. The molecule has 2 heterocycles. The van der Waals surface area contributed by atoms with Crippen molar-refractivity contribution in [2.75, 3.05) is 5.32 Å². The number of nitrogens with zero attached hydrogens (tertiary/aromatic N) is 2. The van der Waals surface area contributed by atoms with Crippen molar-refractivity contribution in [2.24, 2.45) is 0 Å². The predicted octanol–water partition coefficient (Wildman–Crippen LogP) is 4.56. The zero-order valence-electron chi connectivity index (χ0n) is 14.1. The number of aromatic nitrogens is 1. The third-order valence-electron chi connectivity index (χ3n) is 3.94. The topological polar surface area (TPSA) is 111 Å². The van der Waals surface area contributed by atoms with Gasteiger partial charge in [-0.1, -0.05) is 17.7 Å². The molecule has 4 aromatic rings. The molecule has 4 rings (SSSR count). The summed E-state index contributed by atoms with van der Waals surface area (Å²) in [5, 5.41) is 13.3. The minimum absolute atomic E-state index is 0.151. The summed E-state index contributed by atoms with van der Waals surface area (Å²) in [7, 11) is 0. The molecule has 1 N–H and O–H groups in total. The van der Waals surface area contributed by atoms with Crippen LogP contribution < -0.4 is 5.32 Å². The Balaban J connectivity index is 1.58. The number of carbonyl (C=O) groups is 1. The van der Waals surface area contributed by atoms with Crippen LogP contribution >= 0.6 is 0 Å². The molecule has 8 heteroatoms. The molecule has 0 atom stereocenters. The van der Waals surface area contributed by atoms with Gasteiger partial charge in [0.1, 0.15) is 10.4 Å². The summed E-state index contributed by atoms with van der Waals surface area (Å²) in [6.45, 7) is 2.00. The van der Waals surface area contributed by atoms with Gasteiger partial charge in [0.05, 0.1) is 6.07 Å². The molecule has 0 saturated heterocycles. The van der Waals surface area contributed by atoms with E-state index in [4.69, 9.17) is 8.83 Å². The number of carbonyl (C=O) groups excluding carboxylic acids is 1. The number of anilines is 1. The van der Waals surface area contributed by atoms with Crippen LogP contribution in [0.15, 0.2) is 63.4 Å². The molecule has 0 spiro atoms. The van der Waals surface area contributed by atoms with Crippen molar-refractivity contribution in [3.63, 3.8) is 0 Å². The second-order valence-electron chi connectivity index (χ2n) is 5.92. The number of nitro groups is 1. The van der Waals surface area contributed by atoms with Gasteiger partial charge in [0.25, 0.3) is 5.91 Å². The minimum atomic E-state index is -0.704. The third kappa shape index (κ3) is 3.28. The Morgan fingerprint density at radius 3 is 2.56 bits per heavy atom. The quantitative estimate of drug-likeness (QED) is 0.420. The van der Waals surface area contributed by atoms with Gasteiger partial charge in [-0.3, -0.25) is 14.9 Å². The molecule has 0 bridgehead atoms. The molecule has 27 heavy (non-hydrogen) atoms. The van der Waals surface area contributed by atoms with Crippen LogP contribution in [0.1, 0.15) is 16.1 Å². The minimum Gasteiger partial charge on any atom is -0.436 e. The molecule has 134 valence electrons. The smallest absolute Gasteiger partial charge is 0.433 e. The molecular formula is C19H13N3O5. The monoisotopic (exact) mass is 363 g/mol. The number of fused-ring (bicyclic) bond motifs is 1. The highest BCUT2D eigenvalue weighted by Gasteiger charge is 2.18. The zero-order chi connectivity index (χ0) is 19.0. The summed E-state index contributed by atoms with van der Waals surface area (Å²) < 4.78 is 10.6. The summed E-state index contributed by atoms with van der Waals surface area (Å²) in [6.07, 6.45) is 0. The van der Waals surface area contributed by atoms with Crippen molar-refractivity contribution in [3.05, 3.63) is 76.0 Å². The molecule has 1 amide bonds. The molecule has 0 saturated carbocycles. The Kier molecular flexibility index (Phi) is 3.92. The van der Waals surface area contributed by atoms with Gasteiger partial charge in [0, 0.05) is 11.3 Å². The van der Waals surface area contributed by atoms with Gasteiger partial charge < -0.3 is 14.2 Å². The SMILES string of the molecule is Cc1ccc(-c2nc3cc(NC(=O)c4ccc([N+](=O)[O-])o4)ccc3o2)cc1. The predicted molar refractivity (Wildman–Crippen MR) is 97.5 cm³/mol. The second kappa shape index (κ2) is 6.41. The van der Waals surface area contributed by atoms with Gasteiger partial charge in [-0.15, -0.1) is 0 Å². The average Bonchev–Trinajstić information content (AvgIpc) is 3.29. The van der Waals surface area contributed by atoms with E-state index in [2.05, 4.69) is 10.3 Å². The fourth-order valence-electron chi connectivity index (χ4n) is 2.57. The summed E-state index contributed by atoms with van der Waals surface area (Å²) in [5.41, 5.74) is 3.62. The summed E-state index contributed by atoms with van der Waals surface area (Å²) >= 11 is 0. The van der Waals surface area contributed by atoms with Crippen molar-refractivity contribution in [1.82, 2.24) is 4.98 Å². The number of furan rings is 1. The Bertz CT molecular complexity index is 1160. The van der Waals surface area contributed by atoms with Crippen molar-refractivity contribution >= 4 is 28.6 Å². The number of nitrogens with one attached hydrogen (secondary N) is 1. The standard InChI is InChI=1S/C19H13N3O5/c1-11-2-4-12(5-3-11)19-21-14-10-13(6-7-15(14)27-19)20-18(23)16-8-9-17(26-16)22(24)25/h2-10H,1H3,(H,20,23). The van der Waals surface area contributed by atoms with Gasteiger partial charge in [0.15, 0.2) is 11.3 Å². The number of oxazole rings is 1. The molecule has 8 nitrogen and oxygen atoms in total. The lowest BCUT2D eigenvalue weighted by atomic mass is 10.1. The fourth-order valence-corrected chi connectivity index (χ4v) is 2.57. The zero-order valence-corrected chi connectivity index (χ0v) is 14.1. The van der Waals surface area contributed by atoms with E-state index in [1.807, 2.05) is 31.2 Å². The molecular weight excluding hydrogens is 350 g/mol. The van der Waals surface area contributed by atoms with Crippen LogP contribution in [0.4, 0.5) is 11.6 Å². The van der Waals surface area contributed by atoms with Crippen LogP contribution in [0, 0.1) is 17.0 Å². The first-order valence-corrected chi connectivity index (χ1v) is 8.03. The first kappa shape index (κ1) is 16.5. The van der Waals surface area contributed by atoms with Crippen molar-refractivity contribution in [3.8, 4) is 11.5 Å². The number of rotatable bonds is 4. The van der Waals surface area contributed by atoms with Crippen molar-refractivity contribution in [1.29, 1.82) is 0 Å². The molecule has 0 radical (unpaired) electrons. The maximum atomic E-state index is 12.2. The number of amides is 1. The van der Waals surface area contributed by atoms with E-state index >= 15 is 0 Å². The molecule has 0 fully saturated rings. The van der Waals surface area contributed by atoms with Crippen LogP contribution in [0.25, 0.3) is 22.6 Å². The van der Waals surface area contributed by atoms with E-state index < -0.39 is 16.7 Å². The molecule has 2 aromatic carbocycles. The first-order chi connectivity index (χ1) is 13.0. The van der Waals surface area contributed by atoms with Crippen LogP contribution in [0.2, 0.25) is 0 Å². The highest BCUT2D eigenvalue weighted by atomic mass is 16.6. The summed E-state index contributed by atoms with van der Waals surface area (Å²) in [5.74, 6) is -0.753. The fraction of sp³-hybridized carbons (Fsp3) is 0.0526. The lowest BCUT2D eigenvalue weighted by molar-refractivity contribution is -0.402. The van der Waals surface area contributed by atoms with Gasteiger partial charge in [-0.05, 0) is 43.3 Å². The highest BCUT2D eigenvalue weighted by Crippen LogP contribution is 2.27. The van der Waals surface area contributed by atoms with Gasteiger partial charge in [-0.25, -0.2) is 4.98 Å². The number of aryl methyl sites for hydroxylation is 1. The largest absolute Gasteiger partial charge is 0.436 e. The van der Waals surface area contributed by atoms with Gasteiger partial charge in [0.2, 0.25) is 5.89 Å². The van der Waals surface area contributed by atoms with E-state index in [0.717, 1.165) is 17.2 Å². The molecule has 2 aromatic heterocycles. The van der Waals surface area contributed by atoms with Gasteiger partial charge >= 0.3 is 5.88 Å². The Morgan fingerprint density at radius 1 is 1.07 bits per heavy atom. The van der Waals surface area contributed by atoms with Crippen LogP contribution in [-0.4, -0.2) is 15.8 Å². The molecule has 0 aliphatic heterocycles. The number of benzene rings is 2. The number of hydrogen-bond acceptors (Lipinski definition) is 6. The molecule has 0 aliphatic rings. The maximum absolute atomic E-state index is 12.2. The Labute approximate surface area is 152 Å². The van der Waals surface area contributed by atoms with Crippen LogP contribution in [0.3, 0.4) is 0 Å². The van der Waals surface area contributed by atoms with E-state index in [9.17, 15) is 14.9 Å². The lowest BCUT2D eigenvalue weighted by Gasteiger charge is -2.01. The van der Waals surface area contributed by atoms with Crippen LogP contribution in [0.5, 0.6) is 0 Å². The van der Waals surface area contributed by atoms with E-state index in [1.165, 1.54) is 6.07 Å². The lowest BCUT2D eigenvalue weighted by Crippen LogP contribution is -2.10. The first-order valence-electron chi connectivity index (χ1n) is 8.03. The van der Waals surface area contributed by atoms with E-state index in [0.29, 0.717) is 22.7 Å². The van der Waals surface area contributed by atoms with E-state index in [-0.39, 0.29) is 5.76 Å². The maximum Gasteiger partial charge on any atom is 0.433 e. The van der Waals surface area contributed by atoms with Crippen molar-refractivity contribution in [2.45, 2.75) is 6.92 Å². The Morgan fingerprint density at radius 2 is 1.85 bits per heavy atom. The summed E-state index contributed by atoms with van der Waals surface area (Å²) in [4.78, 5) is 26.6. The highest BCUT2D eigenvalue weighted by molar-refractivity contribution is 6.03. The van der Waals surface area contributed by atoms with Gasteiger partial charge in [-0.2, -0.15) is 0 Å². The van der Waals surface area contributed by atoms with Crippen molar-refractivity contribution < 1.29 is 18.6 Å². The molecule has 0 unspecified atom stereocenters. The third-order valence-corrected chi connectivity index (χ3v) is 3.94.